The van der Waals surface area contributed by atoms with Crippen molar-refractivity contribution in [1.29, 1.82) is 5.26 Å². The number of piperazine rings is 1. The summed E-state index contributed by atoms with van der Waals surface area (Å²) in [6, 6.07) is 5.46. The predicted octanol–water partition coefficient (Wildman–Crippen LogP) is 4.95. The predicted molar refractivity (Wildman–Crippen MR) is 174 cm³/mol. The van der Waals surface area contributed by atoms with Crippen molar-refractivity contribution < 1.29 is 23.0 Å². The zero-order chi connectivity index (χ0) is 31.9. The topological polar surface area (TPSA) is 122 Å². The molecular weight excluding hydrogens is 612 g/mol. The van der Waals surface area contributed by atoms with Gasteiger partial charge in [-0.2, -0.15) is 15.2 Å². The largest absolute Gasteiger partial charge is 0.462 e. The van der Waals surface area contributed by atoms with Crippen LogP contribution in [0.3, 0.4) is 0 Å². The van der Waals surface area contributed by atoms with E-state index in [1.54, 1.807) is 6.07 Å². The maximum atomic E-state index is 17.2. The summed E-state index contributed by atoms with van der Waals surface area (Å²) in [5.41, 5.74) is 7.69. The molecule has 2 aromatic carbocycles. The van der Waals surface area contributed by atoms with Gasteiger partial charge in [-0.25, -0.2) is 8.78 Å². The van der Waals surface area contributed by atoms with E-state index in [0.717, 1.165) is 44.6 Å². The number of nitriles is 1. The van der Waals surface area contributed by atoms with E-state index in [1.807, 2.05) is 13.8 Å². The molecule has 4 aromatic rings. The average Bonchev–Trinajstić information content (AvgIpc) is 3.76. The van der Waals surface area contributed by atoms with E-state index < -0.39 is 11.6 Å². The Kier molecular flexibility index (Phi) is 8.65. The Morgan fingerprint density at radius 1 is 1.04 bits per heavy atom. The molecule has 3 N–H and O–H groups in total. The second-order valence-corrected chi connectivity index (χ2v) is 12.8. The number of nitrogens with two attached hydrogens (primary N) is 1. The van der Waals surface area contributed by atoms with Crippen molar-refractivity contribution in [2.75, 3.05) is 63.2 Å². The minimum absolute atomic E-state index is 0.00494. The monoisotopic (exact) mass is 649 g/mol. The highest BCUT2D eigenvalue weighted by Gasteiger charge is 2.40. The Bertz CT molecular complexity index is 1820. The third-order valence-electron chi connectivity index (χ3n) is 9.32. The maximum absolute atomic E-state index is 17.2. The molecule has 13 heteroatoms. The number of aromatic nitrogens is 2. The molecule has 0 saturated carbocycles. The first kappa shape index (κ1) is 31.0. The quantitative estimate of drug-likeness (QED) is 0.297. The molecule has 3 saturated heterocycles. The highest BCUT2D eigenvalue weighted by molar-refractivity contribution is 7.23. The number of thiophene rings is 1. The molecule has 8 rings (SSSR count). The Balaban J connectivity index is 0.00000166. The fourth-order valence-corrected chi connectivity index (χ4v) is 8.19. The van der Waals surface area contributed by atoms with Gasteiger partial charge in [0.25, 0.3) is 0 Å². The molecule has 10 nitrogen and oxygen atoms in total. The van der Waals surface area contributed by atoms with E-state index in [1.165, 1.54) is 17.4 Å². The van der Waals surface area contributed by atoms with Crippen LogP contribution in [-0.4, -0.2) is 79.5 Å². The van der Waals surface area contributed by atoms with Crippen molar-refractivity contribution in [2.24, 2.45) is 0 Å². The van der Waals surface area contributed by atoms with E-state index >= 15 is 8.78 Å². The zero-order valence-electron chi connectivity index (χ0n) is 26.0. The molecule has 0 spiro atoms. The number of hydrogen-bond acceptors (Lipinski definition) is 11. The lowest BCUT2D eigenvalue weighted by molar-refractivity contribution is 0.0317. The maximum Gasteiger partial charge on any atom is 0.319 e. The van der Waals surface area contributed by atoms with E-state index in [0.29, 0.717) is 53.2 Å². The smallest absolute Gasteiger partial charge is 0.319 e. The second-order valence-electron chi connectivity index (χ2n) is 11.7. The molecule has 0 radical (unpaired) electrons. The lowest BCUT2D eigenvalue weighted by atomic mass is 9.90. The van der Waals surface area contributed by atoms with E-state index in [2.05, 4.69) is 26.2 Å². The zero-order valence-corrected chi connectivity index (χ0v) is 26.8. The molecule has 4 aliphatic rings. The number of benzene rings is 2. The standard InChI is InChI=1S/C31H31F2N7O3S.C2H6/c32-21-3-4-22-23(18(11-34)29(35)44-22)26(21)24-19-14-42-15-20(19)25-28(27(24)33)37-31(43-10-7-39-5-8-41-9-6-39)38-30(25)40-16-1-2-17(40)13-36-12-16;1-2/h3-4,16-17,36H,1-2,5-10,12-15,35H2;1-2H3. The lowest BCUT2D eigenvalue weighted by Crippen LogP contribution is -2.52. The molecule has 242 valence electrons. The number of anilines is 2. The van der Waals surface area contributed by atoms with Crippen molar-refractivity contribution in [3.8, 4) is 23.2 Å². The minimum Gasteiger partial charge on any atom is -0.462 e. The molecule has 6 heterocycles. The van der Waals surface area contributed by atoms with Crippen LogP contribution in [0.4, 0.5) is 19.6 Å². The van der Waals surface area contributed by atoms with Crippen molar-refractivity contribution in [3.63, 3.8) is 0 Å². The first-order chi connectivity index (χ1) is 22.5. The molecule has 2 unspecified atom stereocenters. The summed E-state index contributed by atoms with van der Waals surface area (Å²) in [5, 5.41) is 14.6. The SMILES string of the molecule is CC.N#Cc1c(N)sc2ccc(F)c(-c3c4c(c5c(N6C7CCC6CNC7)nc(OCCN6CCOCC6)nc5c3F)COC4)c12. The van der Waals surface area contributed by atoms with Gasteiger partial charge in [0.2, 0.25) is 0 Å². The minimum atomic E-state index is -0.687. The first-order valence-corrected chi connectivity index (χ1v) is 16.8. The number of nitrogens with one attached hydrogen (secondary N) is 1. The van der Waals surface area contributed by atoms with E-state index in [9.17, 15) is 5.26 Å². The summed E-state index contributed by atoms with van der Waals surface area (Å²) in [6.45, 7) is 9.89. The number of hydrogen-bond donors (Lipinski definition) is 2. The Morgan fingerprint density at radius 2 is 1.78 bits per heavy atom. The third kappa shape index (κ3) is 5.12. The third-order valence-corrected chi connectivity index (χ3v) is 10.3. The van der Waals surface area contributed by atoms with Crippen molar-refractivity contribution in [1.82, 2.24) is 20.2 Å². The number of fused-ring (bicyclic) bond motifs is 6. The number of rotatable bonds is 6. The Morgan fingerprint density at radius 3 is 2.52 bits per heavy atom. The van der Waals surface area contributed by atoms with Crippen LogP contribution >= 0.6 is 11.3 Å². The average molecular weight is 650 g/mol. The van der Waals surface area contributed by atoms with Crippen LogP contribution in [0.15, 0.2) is 12.1 Å². The molecule has 2 bridgehead atoms. The van der Waals surface area contributed by atoms with Gasteiger partial charge < -0.3 is 30.2 Å². The summed E-state index contributed by atoms with van der Waals surface area (Å²) >= 11 is 1.18. The molecule has 0 amide bonds. The number of nitrogen functional groups attached to an aromatic ring is 1. The van der Waals surface area contributed by atoms with Gasteiger partial charge in [0.1, 0.15) is 34.8 Å². The summed E-state index contributed by atoms with van der Waals surface area (Å²) in [6.07, 6.45) is 2.00. The van der Waals surface area contributed by atoms with Crippen LogP contribution in [0.25, 0.3) is 32.1 Å². The van der Waals surface area contributed by atoms with Crippen LogP contribution < -0.4 is 20.7 Å². The molecule has 3 fully saturated rings. The summed E-state index contributed by atoms with van der Waals surface area (Å²) < 4.78 is 51.1. The van der Waals surface area contributed by atoms with E-state index in [-0.39, 0.29) is 58.5 Å². The molecule has 46 heavy (non-hydrogen) atoms. The fourth-order valence-electron chi connectivity index (χ4n) is 7.26. The van der Waals surface area contributed by atoms with Crippen LogP contribution in [0.1, 0.15) is 43.4 Å². The Hall–Kier alpha value is -3.67. The number of nitrogens with zero attached hydrogens (tertiary/aromatic N) is 5. The van der Waals surface area contributed by atoms with Crippen LogP contribution in [0, 0.1) is 23.0 Å². The number of ether oxygens (including phenoxy) is 3. The lowest BCUT2D eigenvalue weighted by Gasteiger charge is -2.37. The highest BCUT2D eigenvalue weighted by atomic mass is 32.1. The van der Waals surface area contributed by atoms with Crippen LogP contribution in [-0.2, 0) is 22.7 Å². The summed E-state index contributed by atoms with van der Waals surface area (Å²) in [4.78, 5) is 14.1. The summed E-state index contributed by atoms with van der Waals surface area (Å²) in [7, 11) is 0. The van der Waals surface area contributed by atoms with Gasteiger partial charge in [-0.1, -0.05) is 13.8 Å². The van der Waals surface area contributed by atoms with Gasteiger partial charge in [-0.15, -0.1) is 11.3 Å². The molecule has 4 aliphatic heterocycles. The molecule has 2 atom stereocenters. The Labute approximate surface area is 270 Å². The van der Waals surface area contributed by atoms with Gasteiger partial charge in [0.05, 0.1) is 37.4 Å². The van der Waals surface area contributed by atoms with Gasteiger partial charge in [-0.05, 0) is 36.1 Å². The first-order valence-electron chi connectivity index (χ1n) is 16.0. The van der Waals surface area contributed by atoms with Gasteiger partial charge in [0, 0.05) is 66.0 Å². The normalized spacial score (nSPS) is 20.9. The fraction of sp³-hybridized carbons (Fsp3) is 0.485. The van der Waals surface area contributed by atoms with Gasteiger partial charge in [0.15, 0.2) is 5.82 Å². The van der Waals surface area contributed by atoms with Crippen molar-refractivity contribution >= 4 is 43.1 Å². The number of halogens is 2. The van der Waals surface area contributed by atoms with Crippen LogP contribution in [0.2, 0.25) is 0 Å². The number of morpholine rings is 1. The van der Waals surface area contributed by atoms with Crippen LogP contribution in [0.5, 0.6) is 6.01 Å². The molecular formula is C33H37F2N7O3S. The van der Waals surface area contributed by atoms with E-state index in [4.69, 9.17) is 24.9 Å². The van der Waals surface area contributed by atoms with Gasteiger partial charge >= 0.3 is 6.01 Å². The molecule has 2 aromatic heterocycles. The van der Waals surface area contributed by atoms with Crippen molar-refractivity contribution in [2.45, 2.75) is 52.0 Å². The van der Waals surface area contributed by atoms with Gasteiger partial charge in [-0.3, -0.25) is 4.90 Å². The summed E-state index contributed by atoms with van der Waals surface area (Å²) in [5.74, 6) is -0.696. The second kappa shape index (κ2) is 12.8. The van der Waals surface area contributed by atoms with Crippen molar-refractivity contribution in [3.05, 3.63) is 40.5 Å². The molecule has 0 aliphatic carbocycles. The highest BCUT2D eigenvalue weighted by Crippen LogP contribution is 2.48.